The van der Waals surface area contributed by atoms with E-state index in [-0.39, 0.29) is 0 Å². The highest BCUT2D eigenvalue weighted by Crippen LogP contribution is 2.34. The summed E-state index contributed by atoms with van der Waals surface area (Å²) >= 11 is 0. The quantitative estimate of drug-likeness (QED) is 0.790. The summed E-state index contributed by atoms with van der Waals surface area (Å²) in [6.07, 6.45) is 9.61. The molecule has 112 valence electrons. The molecule has 0 aromatic heterocycles. The fourth-order valence-electron chi connectivity index (χ4n) is 3.76. The summed E-state index contributed by atoms with van der Waals surface area (Å²) in [6, 6.07) is 9.75. The largest absolute Gasteiger partial charge is 0.317 e. The van der Waals surface area contributed by atoms with Gasteiger partial charge < -0.3 is 5.32 Å². The lowest BCUT2D eigenvalue weighted by atomic mass is 9.75. The van der Waals surface area contributed by atoms with Crippen molar-refractivity contribution in [2.75, 3.05) is 7.05 Å². The van der Waals surface area contributed by atoms with Crippen LogP contribution in [0.4, 0.5) is 0 Å². The molecule has 1 nitrogen and oxygen atoms in total. The number of nitrogens with one attached hydrogen (secondary N) is 1. The number of hydrogen-bond donors (Lipinski definition) is 1. The van der Waals surface area contributed by atoms with Gasteiger partial charge >= 0.3 is 0 Å². The van der Waals surface area contributed by atoms with E-state index < -0.39 is 0 Å². The third-order valence-electron chi connectivity index (χ3n) is 5.21. The summed E-state index contributed by atoms with van der Waals surface area (Å²) in [5, 5.41) is 3.60. The Morgan fingerprint density at radius 1 is 1.20 bits per heavy atom. The normalized spacial score (nSPS) is 24.6. The van der Waals surface area contributed by atoms with Gasteiger partial charge in [0.25, 0.3) is 0 Å². The van der Waals surface area contributed by atoms with Gasteiger partial charge in [0.15, 0.2) is 0 Å². The number of aryl methyl sites for hydroxylation is 2. The van der Waals surface area contributed by atoms with Crippen LogP contribution in [0.2, 0.25) is 0 Å². The highest BCUT2D eigenvalue weighted by molar-refractivity contribution is 5.21. The Balaban J connectivity index is 1.86. The van der Waals surface area contributed by atoms with Crippen molar-refractivity contribution in [2.24, 2.45) is 11.8 Å². The second-order valence-corrected chi connectivity index (χ2v) is 6.62. The van der Waals surface area contributed by atoms with Crippen molar-refractivity contribution in [1.82, 2.24) is 5.32 Å². The lowest BCUT2D eigenvalue weighted by molar-refractivity contribution is 0.207. The topological polar surface area (TPSA) is 12.0 Å². The molecule has 1 aliphatic carbocycles. The van der Waals surface area contributed by atoms with Gasteiger partial charge in [-0.3, -0.25) is 0 Å². The molecular formula is C19H31N. The molecule has 0 aliphatic heterocycles. The monoisotopic (exact) mass is 273 g/mol. The Kier molecular flexibility index (Phi) is 6.09. The molecule has 20 heavy (non-hydrogen) atoms. The van der Waals surface area contributed by atoms with E-state index in [9.17, 15) is 0 Å². The van der Waals surface area contributed by atoms with E-state index in [4.69, 9.17) is 0 Å². The van der Waals surface area contributed by atoms with Gasteiger partial charge in [-0.2, -0.15) is 0 Å². The molecule has 0 spiro atoms. The summed E-state index contributed by atoms with van der Waals surface area (Å²) in [7, 11) is 2.15. The predicted molar refractivity (Wildman–Crippen MR) is 88.1 cm³/mol. The molecule has 1 N–H and O–H groups in total. The summed E-state index contributed by atoms with van der Waals surface area (Å²) in [5.41, 5.74) is 2.84. The fourth-order valence-corrected chi connectivity index (χ4v) is 3.76. The van der Waals surface area contributed by atoms with E-state index in [1.165, 1.54) is 56.1 Å². The van der Waals surface area contributed by atoms with Crippen LogP contribution in [0.1, 0.15) is 56.6 Å². The smallest absolute Gasteiger partial charge is 0.00955 e. The minimum absolute atomic E-state index is 0.700. The standard InChI is InChI=1S/C19H31N/c1-4-16-6-5-7-18(14-16)19(20-3)13-12-17-10-8-15(2)9-11-17/h8-11,16,18-20H,4-7,12-14H2,1-3H3. The van der Waals surface area contributed by atoms with E-state index in [1.807, 2.05) is 0 Å². The average Bonchev–Trinajstić information content (AvgIpc) is 2.50. The zero-order chi connectivity index (χ0) is 14.4. The van der Waals surface area contributed by atoms with Crippen LogP contribution < -0.4 is 5.32 Å². The SMILES string of the molecule is CCC1CCCC(C(CCc2ccc(C)cc2)NC)C1. The Hall–Kier alpha value is -0.820. The first-order valence-electron chi connectivity index (χ1n) is 8.45. The Morgan fingerprint density at radius 2 is 1.95 bits per heavy atom. The highest BCUT2D eigenvalue weighted by Gasteiger charge is 2.26. The Morgan fingerprint density at radius 3 is 2.60 bits per heavy atom. The van der Waals surface area contributed by atoms with E-state index in [0.717, 1.165) is 11.8 Å². The maximum Gasteiger partial charge on any atom is 0.00955 e. The zero-order valence-electron chi connectivity index (χ0n) is 13.5. The van der Waals surface area contributed by atoms with Crippen molar-refractivity contribution in [3.8, 4) is 0 Å². The molecule has 0 bridgehead atoms. The average molecular weight is 273 g/mol. The summed E-state index contributed by atoms with van der Waals surface area (Å²) < 4.78 is 0. The molecule has 3 atom stereocenters. The van der Waals surface area contributed by atoms with E-state index >= 15 is 0 Å². The molecule has 3 unspecified atom stereocenters. The number of hydrogen-bond acceptors (Lipinski definition) is 1. The van der Waals surface area contributed by atoms with Crippen molar-refractivity contribution in [2.45, 2.75) is 64.8 Å². The van der Waals surface area contributed by atoms with Gasteiger partial charge in [0, 0.05) is 6.04 Å². The summed E-state index contributed by atoms with van der Waals surface area (Å²) in [4.78, 5) is 0. The van der Waals surface area contributed by atoms with Crippen LogP contribution >= 0.6 is 0 Å². The lowest BCUT2D eigenvalue weighted by Crippen LogP contribution is -2.36. The molecule has 0 radical (unpaired) electrons. The fraction of sp³-hybridized carbons (Fsp3) is 0.684. The molecule has 0 amide bonds. The molecule has 1 aromatic rings. The molecule has 2 rings (SSSR count). The minimum Gasteiger partial charge on any atom is -0.317 e. The van der Waals surface area contributed by atoms with Crippen LogP contribution in [0.5, 0.6) is 0 Å². The predicted octanol–water partition coefficient (Wildman–Crippen LogP) is 4.73. The zero-order valence-corrected chi connectivity index (χ0v) is 13.5. The van der Waals surface area contributed by atoms with Crippen LogP contribution in [0.25, 0.3) is 0 Å². The molecule has 1 aromatic carbocycles. The van der Waals surface area contributed by atoms with Crippen molar-refractivity contribution < 1.29 is 0 Å². The molecular weight excluding hydrogens is 242 g/mol. The Labute approximate surface area is 125 Å². The lowest BCUT2D eigenvalue weighted by Gasteiger charge is -2.34. The van der Waals surface area contributed by atoms with Gasteiger partial charge in [-0.05, 0) is 57.1 Å². The second-order valence-electron chi connectivity index (χ2n) is 6.62. The van der Waals surface area contributed by atoms with E-state index in [2.05, 4.69) is 50.5 Å². The molecule has 1 heteroatoms. The molecule has 1 saturated carbocycles. The summed E-state index contributed by atoms with van der Waals surface area (Å²) in [5.74, 6) is 1.87. The molecule has 1 aliphatic rings. The van der Waals surface area contributed by atoms with Crippen molar-refractivity contribution in [3.05, 3.63) is 35.4 Å². The van der Waals surface area contributed by atoms with E-state index in [1.54, 1.807) is 0 Å². The maximum atomic E-state index is 3.60. The highest BCUT2D eigenvalue weighted by atomic mass is 14.9. The van der Waals surface area contributed by atoms with Gasteiger partial charge in [-0.15, -0.1) is 0 Å². The molecule has 1 fully saturated rings. The van der Waals surface area contributed by atoms with Crippen LogP contribution in [-0.4, -0.2) is 13.1 Å². The Bertz CT molecular complexity index is 381. The van der Waals surface area contributed by atoms with Gasteiger partial charge in [-0.25, -0.2) is 0 Å². The van der Waals surface area contributed by atoms with Crippen molar-refractivity contribution in [3.63, 3.8) is 0 Å². The van der Waals surface area contributed by atoms with Crippen LogP contribution in [0.15, 0.2) is 24.3 Å². The van der Waals surface area contributed by atoms with Gasteiger partial charge in [-0.1, -0.05) is 56.0 Å². The van der Waals surface area contributed by atoms with Gasteiger partial charge in [0.05, 0.1) is 0 Å². The second kappa shape index (κ2) is 7.83. The first kappa shape index (κ1) is 15.6. The number of rotatable bonds is 6. The van der Waals surface area contributed by atoms with Crippen molar-refractivity contribution >= 4 is 0 Å². The van der Waals surface area contributed by atoms with E-state index in [0.29, 0.717) is 6.04 Å². The van der Waals surface area contributed by atoms with Crippen molar-refractivity contribution in [1.29, 1.82) is 0 Å². The first-order chi connectivity index (χ1) is 9.72. The minimum atomic E-state index is 0.700. The van der Waals surface area contributed by atoms with Crippen LogP contribution in [0.3, 0.4) is 0 Å². The third-order valence-corrected chi connectivity index (χ3v) is 5.21. The molecule has 0 saturated heterocycles. The van der Waals surface area contributed by atoms with Gasteiger partial charge in [0.2, 0.25) is 0 Å². The first-order valence-corrected chi connectivity index (χ1v) is 8.45. The van der Waals surface area contributed by atoms with Crippen LogP contribution in [0, 0.1) is 18.8 Å². The van der Waals surface area contributed by atoms with Gasteiger partial charge in [0.1, 0.15) is 0 Å². The van der Waals surface area contributed by atoms with Crippen LogP contribution in [-0.2, 0) is 6.42 Å². The third kappa shape index (κ3) is 4.34. The maximum absolute atomic E-state index is 3.60. The summed E-state index contributed by atoms with van der Waals surface area (Å²) in [6.45, 7) is 4.51. The number of benzene rings is 1. The molecule has 0 heterocycles.